The number of guanidine groups is 1. The molecule has 1 heterocycles. The van der Waals surface area contributed by atoms with Crippen LogP contribution in [0, 0.1) is 0 Å². The molecule has 0 unspecified atom stereocenters. The maximum absolute atomic E-state index is 11.6. The molecule has 1 aromatic heterocycles. The summed E-state index contributed by atoms with van der Waals surface area (Å²) in [7, 11) is 0. The molecular weight excluding hydrogens is 330 g/mol. The minimum atomic E-state index is 0.0409. The molecule has 0 spiro atoms. The Bertz CT molecular complexity index is 697. The zero-order chi connectivity index (χ0) is 18.6. The second-order valence-corrected chi connectivity index (χ2v) is 5.73. The smallest absolute Gasteiger partial charge is 0.226 e. The molecule has 0 saturated heterocycles. The number of hydrogen-bond acceptors (Lipinski definition) is 4. The van der Waals surface area contributed by atoms with Gasteiger partial charge in [-0.05, 0) is 25.5 Å². The third-order valence-electron chi connectivity index (χ3n) is 3.53. The SMILES string of the molecule is CCCNC(=O)CCNC(=NCc1coc(-c2ccccc2)n1)NCC. The number of hydrogen-bond donors (Lipinski definition) is 3. The average Bonchev–Trinajstić information content (AvgIpc) is 3.14. The van der Waals surface area contributed by atoms with Crippen molar-refractivity contribution in [2.24, 2.45) is 4.99 Å². The quantitative estimate of drug-likeness (QED) is 0.473. The first kappa shape index (κ1) is 19.5. The number of carbonyl (C=O) groups is 1. The molecule has 3 N–H and O–H groups in total. The van der Waals surface area contributed by atoms with Crippen LogP contribution in [0.1, 0.15) is 32.4 Å². The average molecular weight is 357 g/mol. The first-order valence-electron chi connectivity index (χ1n) is 9.01. The van der Waals surface area contributed by atoms with Crippen LogP contribution in [0.15, 0.2) is 46.0 Å². The second-order valence-electron chi connectivity index (χ2n) is 5.73. The fraction of sp³-hybridized carbons (Fsp3) is 0.421. The number of oxazole rings is 1. The minimum absolute atomic E-state index is 0.0409. The van der Waals surface area contributed by atoms with Gasteiger partial charge in [-0.3, -0.25) is 4.79 Å². The van der Waals surface area contributed by atoms with Gasteiger partial charge in [0.05, 0.1) is 6.54 Å². The number of benzene rings is 1. The number of rotatable bonds is 9. The van der Waals surface area contributed by atoms with Gasteiger partial charge in [-0.25, -0.2) is 9.98 Å². The third-order valence-corrected chi connectivity index (χ3v) is 3.53. The molecule has 1 amide bonds. The molecule has 0 bridgehead atoms. The van der Waals surface area contributed by atoms with Crippen LogP contribution in [-0.4, -0.2) is 36.5 Å². The van der Waals surface area contributed by atoms with Crippen molar-refractivity contribution < 1.29 is 9.21 Å². The van der Waals surface area contributed by atoms with E-state index < -0.39 is 0 Å². The van der Waals surface area contributed by atoms with Gasteiger partial charge in [0, 0.05) is 31.6 Å². The van der Waals surface area contributed by atoms with E-state index in [9.17, 15) is 4.79 Å². The highest BCUT2D eigenvalue weighted by Crippen LogP contribution is 2.18. The number of aliphatic imine (C=N–C) groups is 1. The molecule has 26 heavy (non-hydrogen) atoms. The predicted molar refractivity (Wildman–Crippen MR) is 103 cm³/mol. The normalized spacial score (nSPS) is 11.2. The van der Waals surface area contributed by atoms with E-state index in [4.69, 9.17) is 4.42 Å². The molecule has 0 aliphatic rings. The number of carbonyl (C=O) groups excluding carboxylic acids is 1. The van der Waals surface area contributed by atoms with Gasteiger partial charge in [0.25, 0.3) is 0 Å². The van der Waals surface area contributed by atoms with Crippen molar-refractivity contribution >= 4 is 11.9 Å². The summed E-state index contributed by atoms with van der Waals surface area (Å²) < 4.78 is 5.52. The Morgan fingerprint density at radius 3 is 2.65 bits per heavy atom. The van der Waals surface area contributed by atoms with Crippen molar-refractivity contribution in [3.8, 4) is 11.5 Å². The molecule has 0 fully saturated rings. The lowest BCUT2D eigenvalue weighted by molar-refractivity contribution is -0.120. The first-order valence-corrected chi connectivity index (χ1v) is 9.01. The van der Waals surface area contributed by atoms with Crippen LogP contribution >= 0.6 is 0 Å². The van der Waals surface area contributed by atoms with E-state index in [-0.39, 0.29) is 5.91 Å². The molecule has 0 aliphatic heterocycles. The molecule has 0 atom stereocenters. The maximum Gasteiger partial charge on any atom is 0.226 e. The second kappa shape index (κ2) is 10.9. The Kier molecular flexibility index (Phi) is 8.18. The highest BCUT2D eigenvalue weighted by Gasteiger charge is 2.06. The van der Waals surface area contributed by atoms with Crippen LogP contribution in [0.2, 0.25) is 0 Å². The topological polar surface area (TPSA) is 91.5 Å². The van der Waals surface area contributed by atoms with Crippen molar-refractivity contribution in [3.05, 3.63) is 42.3 Å². The number of amides is 1. The Hall–Kier alpha value is -2.83. The number of nitrogens with zero attached hydrogens (tertiary/aromatic N) is 2. The lowest BCUT2D eigenvalue weighted by atomic mass is 10.2. The largest absolute Gasteiger partial charge is 0.444 e. The van der Waals surface area contributed by atoms with Crippen molar-refractivity contribution in [2.75, 3.05) is 19.6 Å². The summed E-state index contributed by atoms with van der Waals surface area (Å²) in [5, 5.41) is 9.17. The van der Waals surface area contributed by atoms with E-state index in [2.05, 4.69) is 25.9 Å². The zero-order valence-electron chi connectivity index (χ0n) is 15.4. The zero-order valence-corrected chi connectivity index (χ0v) is 15.4. The lowest BCUT2D eigenvalue weighted by Gasteiger charge is -2.10. The number of nitrogens with one attached hydrogen (secondary N) is 3. The minimum Gasteiger partial charge on any atom is -0.444 e. The molecule has 140 valence electrons. The molecule has 7 heteroatoms. The van der Waals surface area contributed by atoms with Gasteiger partial charge in [0.2, 0.25) is 11.8 Å². The molecule has 2 aromatic rings. The molecule has 7 nitrogen and oxygen atoms in total. The number of aromatic nitrogens is 1. The van der Waals surface area contributed by atoms with E-state index in [0.29, 0.717) is 37.9 Å². The summed E-state index contributed by atoms with van der Waals surface area (Å²) in [6, 6.07) is 9.75. The molecule has 0 saturated carbocycles. The van der Waals surface area contributed by atoms with E-state index in [1.54, 1.807) is 6.26 Å². The van der Waals surface area contributed by atoms with Gasteiger partial charge in [-0.15, -0.1) is 0 Å². The maximum atomic E-state index is 11.6. The summed E-state index contributed by atoms with van der Waals surface area (Å²) in [5.74, 6) is 1.28. The predicted octanol–water partition coefficient (Wildman–Crippen LogP) is 2.31. The van der Waals surface area contributed by atoms with Gasteiger partial charge in [0.15, 0.2) is 5.96 Å². The highest BCUT2D eigenvalue weighted by atomic mass is 16.3. The lowest BCUT2D eigenvalue weighted by Crippen LogP contribution is -2.39. The van der Waals surface area contributed by atoms with E-state index in [1.165, 1.54) is 0 Å². The van der Waals surface area contributed by atoms with Crippen LogP contribution in [0.3, 0.4) is 0 Å². The molecule has 0 aliphatic carbocycles. The van der Waals surface area contributed by atoms with Crippen molar-refractivity contribution in [2.45, 2.75) is 33.2 Å². The van der Waals surface area contributed by atoms with Crippen molar-refractivity contribution in [1.82, 2.24) is 20.9 Å². The third kappa shape index (κ3) is 6.58. The van der Waals surface area contributed by atoms with Gasteiger partial charge in [0.1, 0.15) is 12.0 Å². The molecular formula is C19H27N5O2. The van der Waals surface area contributed by atoms with E-state index >= 15 is 0 Å². The summed E-state index contributed by atoms with van der Waals surface area (Å²) in [5.41, 5.74) is 1.69. The molecule has 1 aromatic carbocycles. The highest BCUT2D eigenvalue weighted by molar-refractivity contribution is 5.81. The Balaban J connectivity index is 1.86. The van der Waals surface area contributed by atoms with E-state index in [0.717, 1.165) is 24.2 Å². The van der Waals surface area contributed by atoms with Crippen LogP contribution in [0.5, 0.6) is 0 Å². The summed E-state index contributed by atoms with van der Waals surface area (Å²) in [6.45, 7) is 6.39. The Morgan fingerprint density at radius 1 is 1.12 bits per heavy atom. The van der Waals surface area contributed by atoms with Crippen LogP contribution in [0.25, 0.3) is 11.5 Å². The van der Waals surface area contributed by atoms with Crippen LogP contribution < -0.4 is 16.0 Å². The van der Waals surface area contributed by atoms with Gasteiger partial charge in [-0.1, -0.05) is 25.1 Å². The van der Waals surface area contributed by atoms with Crippen molar-refractivity contribution in [3.63, 3.8) is 0 Å². The monoisotopic (exact) mass is 357 g/mol. The van der Waals surface area contributed by atoms with E-state index in [1.807, 2.05) is 44.2 Å². The molecule has 2 rings (SSSR count). The van der Waals surface area contributed by atoms with Crippen molar-refractivity contribution in [1.29, 1.82) is 0 Å². The summed E-state index contributed by atoms with van der Waals surface area (Å²) in [4.78, 5) is 20.6. The summed E-state index contributed by atoms with van der Waals surface area (Å²) in [6.07, 6.45) is 2.96. The van der Waals surface area contributed by atoms with Gasteiger partial charge in [-0.2, -0.15) is 0 Å². The fourth-order valence-corrected chi connectivity index (χ4v) is 2.24. The molecule has 0 radical (unpaired) electrons. The fourth-order valence-electron chi connectivity index (χ4n) is 2.24. The van der Waals surface area contributed by atoms with Crippen LogP contribution in [0.4, 0.5) is 0 Å². The first-order chi connectivity index (χ1) is 12.7. The van der Waals surface area contributed by atoms with Crippen LogP contribution in [-0.2, 0) is 11.3 Å². The standard InChI is InChI=1S/C19H27N5O2/c1-3-11-21-17(25)10-12-22-19(20-4-2)23-13-16-14-26-18(24-16)15-8-6-5-7-9-15/h5-9,14H,3-4,10-13H2,1-2H3,(H,21,25)(H2,20,22,23). The van der Waals surface area contributed by atoms with Gasteiger partial charge >= 0.3 is 0 Å². The Morgan fingerprint density at radius 2 is 1.92 bits per heavy atom. The summed E-state index contributed by atoms with van der Waals surface area (Å²) >= 11 is 0. The van der Waals surface area contributed by atoms with Gasteiger partial charge < -0.3 is 20.4 Å². The Labute approximate surface area is 154 Å².